The van der Waals surface area contributed by atoms with E-state index in [2.05, 4.69) is 37.0 Å². The molecule has 2 saturated heterocycles. The average molecular weight is 716 g/mol. The van der Waals surface area contributed by atoms with Crippen LogP contribution in [0.2, 0.25) is 0 Å². The van der Waals surface area contributed by atoms with E-state index < -0.39 is 36.1 Å². The van der Waals surface area contributed by atoms with Gasteiger partial charge in [-0.3, -0.25) is 9.79 Å². The Kier molecular flexibility index (Phi) is 13.6. The Hall–Kier alpha value is -5.34. The fraction of sp³-hybridized carbons (Fsp3) is 0.545. The number of aliphatic imine (C=N–C) groups is 1. The monoisotopic (exact) mass is 715 g/mol. The van der Waals surface area contributed by atoms with Gasteiger partial charge in [0, 0.05) is 45.3 Å². The number of aliphatic carboxylic acids is 1. The molecule has 0 saturated carbocycles. The summed E-state index contributed by atoms with van der Waals surface area (Å²) in [6, 6.07) is 8.19. The molecular formula is C33H44F3N11O4. The molecule has 2 unspecified atom stereocenters. The Morgan fingerprint density at radius 3 is 2.39 bits per heavy atom. The van der Waals surface area contributed by atoms with Crippen LogP contribution in [0, 0.1) is 17.2 Å². The van der Waals surface area contributed by atoms with Crippen LogP contribution in [0.15, 0.2) is 35.3 Å². The molecule has 0 radical (unpaired) electrons. The maximum absolute atomic E-state index is 14.0. The predicted octanol–water partition coefficient (Wildman–Crippen LogP) is 2.11. The third-order valence-corrected chi connectivity index (χ3v) is 8.92. The zero-order valence-electron chi connectivity index (χ0n) is 28.2. The van der Waals surface area contributed by atoms with E-state index in [-0.39, 0.29) is 42.4 Å². The van der Waals surface area contributed by atoms with Crippen LogP contribution in [-0.4, -0.2) is 90.3 Å². The molecule has 2 aromatic rings. The summed E-state index contributed by atoms with van der Waals surface area (Å²) in [5.74, 6) is -2.48. The number of nitrogens with one attached hydrogen (secondary N) is 3. The number of aromatic nitrogens is 2. The third-order valence-electron chi connectivity index (χ3n) is 8.92. The summed E-state index contributed by atoms with van der Waals surface area (Å²) in [4.78, 5) is 51.9. The molecule has 1 aromatic carbocycles. The van der Waals surface area contributed by atoms with Gasteiger partial charge in [-0.25, -0.2) is 19.6 Å². The van der Waals surface area contributed by atoms with E-state index in [9.17, 15) is 32.7 Å². The van der Waals surface area contributed by atoms with Gasteiger partial charge in [-0.05, 0) is 75.0 Å². The molecule has 1 aromatic heterocycles. The highest BCUT2D eigenvalue weighted by atomic mass is 19.4. The first-order valence-corrected chi connectivity index (χ1v) is 16.9. The standard InChI is InChI=1S/C33H44F3N11O4/c34-33(35,36)30-44-26(19-27(45-30)47-16-2-4-25(47)28(48)40-14-9-21-5-7-23(20-37)8-6-21)46-17-11-22(12-18-46)10-15-42-32(51)43-24(29(49)50)3-1-13-41-31(38)39/h5-8,19,22,24-25H,1-4,9-18H2,(H,40,48)(H,49,50)(H4,38,39,41)(H2,42,43,51). The predicted molar refractivity (Wildman–Crippen MR) is 183 cm³/mol. The minimum Gasteiger partial charge on any atom is -0.480 e. The summed E-state index contributed by atoms with van der Waals surface area (Å²) in [5.41, 5.74) is 12.0. The Labute approximate surface area is 293 Å². The fourth-order valence-corrected chi connectivity index (χ4v) is 6.18. The molecule has 2 aliphatic rings. The van der Waals surface area contributed by atoms with E-state index in [4.69, 9.17) is 16.7 Å². The number of carbonyl (C=O) groups excluding carboxylic acids is 2. The van der Waals surface area contributed by atoms with Crippen LogP contribution in [0.4, 0.5) is 29.6 Å². The summed E-state index contributed by atoms with van der Waals surface area (Å²) >= 11 is 0. The summed E-state index contributed by atoms with van der Waals surface area (Å²) < 4.78 is 42.0. The van der Waals surface area contributed by atoms with Crippen molar-refractivity contribution >= 4 is 35.5 Å². The molecule has 3 amide bonds. The second-order valence-electron chi connectivity index (χ2n) is 12.6. The number of rotatable bonds is 15. The normalized spacial score (nSPS) is 16.9. The number of carboxylic acids is 1. The maximum atomic E-state index is 14.0. The van der Waals surface area contributed by atoms with Crippen molar-refractivity contribution in [1.82, 2.24) is 25.9 Å². The number of hydrogen-bond acceptors (Lipinski definition) is 9. The molecule has 0 bridgehead atoms. The number of amides is 3. The highest BCUT2D eigenvalue weighted by molar-refractivity contribution is 5.85. The zero-order chi connectivity index (χ0) is 37.0. The van der Waals surface area contributed by atoms with Gasteiger partial charge in [-0.15, -0.1) is 0 Å². The van der Waals surface area contributed by atoms with E-state index >= 15 is 0 Å². The van der Waals surface area contributed by atoms with Crippen LogP contribution in [0.5, 0.6) is 0 Å². The van der Waals surface area contributed by atoms with E-state index in [0.717, 1.165) is 5.56 Å². The fourth-order valence-electron chi connectivity index (χ4n) is 6.18. The molecule has 18 heteroatoms. The van der Waals surface area contributed by atoms with Crippen molar-refractivity contribution in [1.29, 1.82) is 5.26 Å². The highest BCUT2D eigenvalue weighted by Crippen LogP contribution is 2.34. The number of nitrogens with zero attached hydrogens (tertiary/aromatic N) is 6. The number of nitrogens with two attached hydrogens (primary N) is 2. The van der Waals surface area contributed by atoms with Crippen LogP contribution in [-0.2, 0) is 22.2 Å². The molecule has 276 valence electrons. The quantitative estimate of drug-likeness (QED) is 0.0889. The molecule has 15 nitrogen and oxygen atoms in total. The maximum Gasteiger partial charge on any atom is 0.451 e. The van der Waals surface area contributed by atoms with Crippen molar-refractivity contribution in [3.63, 3.8) is 0 Å². The van der Waals surface area contributed by atoms with E-state index in [1.807, 2.05) is 12.1 Å². The van der Waals surface area contributed by atoms with Gasteiger partial charge in [0.2, 0.25) is 11.7 Å². The molecule has 2 aliphatic heterocycles. The minimum atomic E-state index is -4.79. The van der Waals surface area contributed by atoms with Gasteiger partial charge in [-0.2, -0.15) is 18.4 Å². The lowest BCUT2D eigenvalue weighted by Gasteiger charge is -2.34. The Bertz CT molecular complexity index is 1570. The Balaban J connectivity index is 1.30. The molecule has 8 N–H and O–H groups in total. The lowest BCUT2D eigenvalue weighted by atomic mass is 9.93. The molecule has 2 atom stereocenters. The number of anilines is 2. The van der Waals surface area contributed by atoms with E-state index in [0.29, 0.717) is 83.2 Å². The second kappa shape index (κ2) is 18.1. The number of hydrogen-bond donors (Lipinski definition) is 6. The number of alkyl halides is 3. The van der Waals surface area contributed by atoms with Crippen LogP contribution >= 0.6 is 0 Å². The average Bonchev–Trinajstić information content (AvgIpc) is 3.60. The molecule has 0 aliphatic carbocycles. The summed E-state index contributed by atoms with van der Waals surface area (Å²) in [7, 11) is 0. The van der Waals surface area contributed by atoms with Crippen molar-refractivity contribution in [3.8, 4) is 6.07 Å². The minimum absolute atomic E-state index is 0.0466. The van der Waals surface area contributed by atoms with E-state index in [1.165, 1.54) is 6.07 Å². The zero-order valence-corrected chi connectivity index (χ0v) is 28.2. The van der Waals surface area contributed by atoms with Crippen molar-refractivity contribution < 1.29 is 32.7 Å². The molecule has 0 spiro atoms. The largest absolute Gasteiger partial charge is 0.480 e. The topological polar surface area (TPSA) is 228 Å². The van der Waals surface area contributed by atoms with E-state index in [1.54, 1.807) is 21.9 Å². The molecule has 4 rings (SSSR count). The first kappa shape index (κ1) is 38.5. The van der Waals surface area contributed by atoms with Crippen molar-refractivity contribution in [3.05, 3.63) is 47.3 Å². The summed E-state index contributed by atoms with van der Waals surface area (Å²) in [5, 5.41) is 26.4. The SMILES string of the molecule is N#Cc1ccc(CCNC(=O)C2CCCN2c2cc(N3CCC(CCNC(=O)NC(CCCN=C(N)N)C(=O)O)CC3)nc(C(F)(F)F)n2)cc1. The lowest BCUT2D eigenvalue weighted by molar-refractivity contribution is -0.144. The number of carboxylic acid groups (broad SMARTS) is 1. The van der Waals surface area contributed by atoms with Gasteiger partial charge in [-0.1, -0.05) is 12.1 Å². The summed E-state index contributed by atoms with van der Waals surface area (Å²) in [6.07, 6.45) is -0.789. The smallest absolute Gasteiger partial charge is 0.451 e. The van der Waals surface area contributed by atoms with Crippen molar-refractivity contribution in [2.45, 2.75) is 69.6 Å². The Morgan fingerprint density at radius 2 is 1.75 bits per heavy atom. The van der Waals surface area contributed by atoms with Crippen LogP contribution in [0.1, 0.15) is 61.9 Å². The summed E-state index contributed by atoms with van der Waals surface area (Å²) in [6.45, 7) is 2.09. The van der Waals surface area contributed by atoms with Gasteiger partial charge in [0.1, 0.15) is 23.7 Å². The Morgan fingerprint density at radius 1 is 1.04 bits per heavy atom. The van der Waals surface area contributed by atoms with Crippen LogP contribution < -0.4 is 37.2 Å². The number of benzene rings is 1. The van der Waals surface area contributed by atoms with Gasteiger partial charge < -0.3 is 42.3 Å². The number of piperidine rings is 1. The van der Waals surface area contributed by atoms with Crippen LogP contribution in [0.3, 0.4) is 0 Å². The van der Waals surface area contributed by atoms with Crippen LogP contribution in [0.25, 0.3) is 0 Å². The highest BCUT2D eigenvalue weighted by Gasteiger charge is 2.39. The number of nitriles is 1. The third kappa shape index (κ3) is 11.6. The molecular weight excluding hydrogens is 671 g/mol. The number of guanidine groups is 1. The number of urea groups is 1. The van der Waals surface area contributed by atoms with Gasteiger partial charge >= 0.3 is 18.2 Å². The van der Waals surface area contributed by atoms with Crippen molar-refractivity contribution in [2.24, 2.45) is 22.4 Å². The number of carbonyl (C=O) groups is 3. The van der Waals surface area contributed by atoms with Gasteiger partial charge in [0.25, 0.3) is 0 Å². The molecule has 51 heavy (non-hydrogen) atoms. The van der Waals surface area contributed by atoms with Gasteiger partial charge in [0.05, 0.1) is 11.6 Å². The number of halogens is 3. The van der Waals surface area contributed by atoms with Crippen molar-refractivity contribution in [2.75, 3.05) is 49.1 Å². The first-order chi connectivity index (χ1) is 24.3. The molecule has 3 heterocycles. The lowest BCUT2D eigenvalue weighted by Crippen LogP contribution is -2.46. The molecule has 2 fully saturated rings. The first-order valence-electron chi connectivity index (χ1n) is 16.9. The van der Waals surface area contributed by atoms with Gasteiger partial charge in [0.15, 0.2) is 5.96 Å². The second-order valence-corrected chi connectivity index (χ2v) is 12.6.